The molecule has 0 aromatic carbocycles. The van der Waals surface area contributed by atoms with Crippen molar-refractivity contribution in [3.63, 3.8) is 0 Å². The molecule has 0 spiro atoms. The Labute approximate surface area is 46.7 Å². The minimum Gasteiger partial charge on any atom is -0.468 e. The van der Waals surface area contributed by atoms with Crippen molar-refractivity contribution in [2.45, 2.75) is 6.92 Å². The van der Waals surface area contributed by atoms with Crippen molar-refractivity contribution in [2.75, 3.05) is 6.61 Å². The van der Waals surface area contributed by atoms with Gasteiger partial charge in [-0.2, -0.15) is 0 Å². The van der Waals surface area contributed by atoms with Crippen LogP contribution in [0.15, 0.2) is 0 Å². The van der Waals surface area contributed by atoms with Gasteiger partial charge in [0.05, 0.1) is 6.61 Å². The lowest BCUT2D eigenvalue weighted by Crippen LogP contribution is -1.80. The normalized spacial score (nSPS) is 5.12. The van der Waals surface area contributed by atoms with Crippen LogP contribution < -0.4 is 0 Å². The van der Waals surface area contributed by atoms with E-state index in [9.17, 15) is 4.79 Å². The first-order valence-electron chi connectivity index (χ1n) is 1.87. The highest BCUT2D eigenvalue weighted by atomic mass is 16.5. The number of carbonyl (C=O) groups excluding carboxylic acids is 1. The minimum atomic E-state index is 0.431. The summed E-state index contributed by atoms with van der Waals surface area (Å²) in [6, 6.07) is 0. The van der Waals surface area contributed by atoms with Crippen LogP contribution in [0.25, 0.3) is 16.0 Å². The van der Waals surface area contributed by atoms with Gasteiger partial charge in [0.1, 0.15) is 0 Å². The maximum Gasteiger partial charge on any atom is 0.293 e. The van der Waals surface area contributed by atoms with E-state index in [2.05, 4.69) is 4.74 Å². The largest absolute Gasteiger partial charge is 0.468 e. The molecule has 0 aliphatic heterocycles. The molecule has 5 nitrogen and oxygen atoms in total. The van der Waals surface area contributed by atoms with Crippen molar-refractivity contribution in [1.82, 2.24) is 0 Å². The molecule has 0 atom stereocenters. The van der Waals surface area contributed by atoms with Crippen LogP contribution in [0.4, 0.5) is 0 Å². The summed E-state index contributed by atoms with van der Waals surface area (Å²) in [4.78, 5) is 10.7. The summed E-state index contributed by atoms with van der Waals surface area (Å²) < 4.78 is 4.15. The van der Waals surface area contributed by atoms with Crippen molar-refractivity contribution < 1.29 is 9.53 Å². The maximum absolute atomic E-state index is 9.18. The van der Waals surface area contributed by atoms with Gasteiger partial charge in [-0.25, -0.2) is 0 Å². The molecule has 0 amide bonds. The second-order valence-electron chi connectivity index (χ2n) is 0.641. The van der Waals surface area contributed by atoms with Gasteiger partial charge in [0.25, 0.3) is 6.47 Å². The maximum atomic E-state index is 9.18. The molecule has 0 radical (unpaired) electrons. The second-order valence-corrected chi connectivity index (χ2v) is 0.641. The molecule has 0 aliphatic carbocycles. The third-order valence-corrected chi connectivity index (χ3v) is 0.235. The Morgan fingerprint density at radius 1 is 1.75 bits per heavy atom. The van der Waals surface area contributed by atoms with Crippen molar-refractivity contribution in [1.29, 1.82) is 0 Å². The molecule has 0 rings (SSSR count). The SMILES string of the molecule is CCOC=O.[N-]=[N+]=[N-]. The van der Waals surface area contributed by atoms with E-state index >= 15 is 0 Å². The smallest absolute Gasteiger partial charge is 0.293 e. The molecule has 5 heteroatoms. The lowest BCUT2D eigenvalue weighted by atomic mass is 10.9. The zero-order valence-electron chi connectivity index (χ0n) is 4.44. The first kappa shape index (κ1) is 9.91. The molecule has 0 aromatic rings. The monoisotopic (exact) mass is 116 g/mol. The molecule has 8 heavy (non-hydrogen) atoms. The van der Waals surface area contributed by atoms with Gasteiger partial charge in [0.2, 0.25) is 0 Å². The minimum absolute atomic E-state index is 0.431. The number of ether oxygens (including phenoxy) is 1. The van der Waals surface area contributed by atoms with Gasteiger partial charge in [-0.1, -0.05) is 0 Å². The van der Waals surface area contributed by atoms with Crippen LogP contribution in [0.3, 0.4) is 0 Å². The molecular weight excluding hydrogens is 110 g/mol. The number of carbonyl (C=O) groups is 1. The molecule has 0 aromatic heterocycles. The van der Waals surface area contributed by atoms with Crippen LogP contribution in [-0.4, -0.2) is 13.1 Å². The third kappa shape index (κ3) is 112. The van der Waals surface area contributed by atoms with Crippen LogP contribution >= 0.6 is 0 Å². The summed E-state index contributed by atoms with van der Waals surface area (Å²) in [6.07, 6.45) is 0. The molecule has 46 valence electrons. The second kappa shape index (κ2) is 17.1. The standard InChI is InChI=1S/C3H6O2.N3/c1-2-5-3-4;1-3-2/h3H,2H2,1H3;/q;-1. The highest BCUT2D eigenvalue weighted by molar-refractivity contribution is 5.36. The fourth-order valence-corrected chi connectivity index (χ4v) is 0.0680. The van der Waals surface area contributed by atoms with Gasteiger partial charge >= 0.3 is 0 Å². The van der Waals surface area contributed by atoms with Crippen LogP contribution in [0.5, 0.6) is 0 Å². The Kier molecular flexibility index (Phi) is 21.2. The molecule has 0 saturated carbocycles. The Bertz CT molecular complexity index is 76.6. The van der Waals surface area contributed by atoms with Crippen LogP contribution in [0.2, 0.25) is 0 Å². The van der Waals surface area contributed by atoms with Crippen molar-refractivity contribution in [2.24, 2.45) is 0 Å². The van der Waals surface area contributed by atoms with Crippen LogP contribution in [-0.2, 0) is 9.53 Å². The van der Waals surface area contributed by atoms with E-state index in [1.165, 1.54) is 4.91 Å². The summed E-state index contributed by atoms with van der Waals surface area (Å²) in [5.41, 5.74) is 13.5. The van der Waals surface area contributed by atoms with Crippen molar-refractivity contribution in [3.8, 4) is 0 Å². The fourth-order valence-electron chi connectivity index (χ4n) is 0.0680. The zero-order valence-corrected chi connectivity index (χ0v) is 4.44. The van der Waals surface area contributed by atoms with E-state index < -0.39 is 0 Å². The summed E-state index contributed by atoms with van der Waals surface area (Å²) in [7, 11) is 0. The average molecular weight is 116 g/mol. The lowest BCUT2D eigenvalue weighted by Gasteiger charge is -1.79. The van der Waals surface area contributed by atoms with Crippen LogP contribution in [0, 0.1) is 0 Å². The summed E-state index contributed by atoms with van der Waals surface area (Å²) >= 11 is 0. The zero-order chi connectivity index (χ0) is 6.83. The highest BCUT2D eigenvalue weighted by Gasteiger charge is 1.60. The van der Waals surface area contributed by atoms with Gasteiger partial charge in [0.15, 0.2) is 0 Å². The van der Waals surface area contributed by atoms with Crippen LogP contribution in [0.1, 0.15) is 6.92 Å². The van der Waals surface area contributed by atoms with Gasteiger partial charge in [-0.05, 0) is 6.92 Å². The average Bonchev–Trinajstić information content (AvgIpc) is 1.71. The summed E-state index contributed by atoms with van der Waals surface area (Å²) in [5.74, 6) is 0. The molecule has 0 bridgehead atoms. The first-order valence-corrected chi connectivity index (χ1v) is 1.87. The quantitative estimate of drug-likeness (QED) is 0.233. The van der Waals surface area contributed by atoms with Gasteiger partial charge in [-0.15, -0.1) is 0 Å². The Morgan fingerprint density at radius 2 is 2.12 bits per heavy atom. The molecule has 0 heterocycles. The first-order chi connectivity index (χ1) is 3.83. The van der Waals surface area contributed by atoms with E-state index in [0.717, 1.165) is 0 Å². The van der Waals surface area contributed by atoms with Gasteiger partial charge in [-0.3, -0.25) is 9.71 Å². The number of rotatable bonds is 2. The number of hydrogen-bond donors (Lipinski definition) is 0. The molecule has 0 fully saturated rings. The van der Waals surface area contributed by atoms with E-state index in [-0.39, 0.29) is 0 Å². The number of nitrogens with zero attached hydrogens (tertiary/aromatic N) is 3. The van der Waals surface area contributed by atoms with E-state index in [4.69, 9.17) is 11.1 Å². The highest BCUT2D eigenvalue weighted by Crippen LogP contribution is 1.55. The Morgan fingerprint density at radius 3 is 2.12 bits per heavy atom. The Hall–Kier alpha value is -1.22. The van der Waals surface area contributed by atoms with Gasteiger partial charge in [0, 0.05) is 0 Å². The van der Waals surface area contributed by atoms with Crippen molar-refractivity contribution in [3.05, 3.63) is 16.0 Å². The molecule has 0 unspecified atom stereocenters. The van der Waals surface area contributed by atoms with E-state index in [1.807, 2.05) is 0 Å². The van der Waals surface area contributed by atoms with Crippen molar-refractivity contribution >= 4 is 6.47 Å². The molecule has 0 saturated heterocycles. The number of hydrogen-bond acceptors (Lipinski definition) is 2. The molecular formula is C3H6N3O2-. The van der Waals surface area contributed by atoms with Gasteiger partial charge < -0.3 is 15.8 Å². The predicted octanol–water partition coefficient (Wildman–Crippen LogP) is 1.05. The summed E-state index contributed by atoms with van der Waals surface area (Å²) in [6.45, 7) is 2.66. The molecule has 0 N–H and O–H groups in total. The fraction of sp³-hybridized carbons (Fsp3) is 0.667. The van der Waals surface area contributed by atoms with E-state index in [0.29, 0.717) is 13.1 Å². The summed E-state index contributed by atoms with van der Waals surface area (Å²) in [5, 5.41) is 0. The van der Waals surface area contributed by atoms with E-state index in [1.54, 1.807) is 6.92 Å². The topological polar surface area (TPSA) is 85.0 Å². The predicted molar refractivity (Wildman–Crippen MR) is 27.8 cm³/mol. The Balaban J connectivity index is 0. The third-order valence-electron chi connectivity index (χ3n) is 0.235. The lowest BCUT2D eigenvalue weighted by molar-refractivity contribution is -0.128. The molecule has 0 aliphatic rings.